The van der Waals surface area contributed by atoms with Gasteiger partial charge in [0, 0.05) is 37.8 Å². The molecule has 0 aliphatic carbocycles. The molecule has 2 aromatic heterocycles. The molecule has 2 fully saturated rings. The van der Waals surface area contributed by atoms with Gasteiger partial charge < -0.3 is 24.5 Å². The molecule has 0 bridgehead atoms. The number of phenolic OH excluding ortho intramolecular Hbond substituents is 1. The van der Waals surface area contributed by atoms with Crippen LogP contribution in [0.15, 0.2) is 55.1 Å². The molecule has 2 saturated heterocycles. The molecule has 0 saturated carbocycles. The van der Waals surface area contributed by atoms with E-state index in [0.717, 1.165) is 30.2 Å². The van der Waals surface area contributed by atoms with E-state index in [0.29, 0.717) is 72.0 Å². The van der Waals surface area contributed by atoms with Crippen molar-refractivity contribution in [1.82, 2.24) is 24.8 Å². The summed E-state index contributed by atoms with van der Waals surface area (Å²) in [5.41, 5.74) is 1.69. The summed E-state index contributed by atoms with van der Waals surface area (Å²) >= 11 is 6.87. The molecule has 9 nitrogen and oxygen atoms in total. The van der Waals surface area contributed by atoms with Crippen LogP contribution < -0.4 is 9.64 Å². The number of rotatable bonds is 6. The highest BCUT2D eigenvalue weighted by Crippen LogP contribution is 2.38. The average Bonchev–Trinajstić information content (AvgIpc) is 3.39. The van der Waals surface area contributed by atoms with Crippen molar-refractivity contribution >= 4 is 45.1 Å². The highest BCUT2D eigenvalue weighted by atomic mass is 35.5. The smallest absolute Gasteiger partial charge is 0.320 e. The molecule has 0 spiro atoms. The predicted molar refractivity (Wildman–Crippen MR) is 157 cm³/mol. The number of carbonyl (C=O) groups is 1. The Balaban J connectivity index is 1.43. The van der Waals surface area contributed by atoms with Crippen LogP contribution >= 0.6 is 11.6 Å². The number of aromatic hydroxyl groups is 1. The summed E-state index contributed by atoms with van der Waals surface area (Å²) in [5.74, 6) is 0.725. The lowest BCUT2D eigenvalue weighted by atomic mass is 10.0. The average molecular weight is 559 g/mol. The van der Waals surface area contributed by atoms with Crippen LogP contribution in [0, 0.1) is 0 Å². The van der Waals surface area contributed by atoms with Crippen molar-refractivity contribution in [3.8, 4) is 23.0 Å². The van der Waals surface area contributed by atoms with Crippen LogP contribution in [-0.2, 0) is 4.79 Å². The van der Waals surface area contributed by atoms with Gasteiger partial charge in [0.25, 0.3) is 0 Å². The number of phenols is 1. The highest BCUT2D eigenvalue weighted by molar-refractivity contribution is 6.34. The number of benzene rings is 2. The molecule has 2 aromatic carbocycles. The van der Waals surface area contributed by atoms with Crippen molar-refractivity contribution in [2.45, 2.75) is 18.9 Å². The first kappa shape index (κ1) is 26.3. The SMILES string of the molecule is C=CC(=O)N1CCN(c2nc(OC[C@@H]3CCCN3C)nc3nc(-c4cc(O)cc5ccccc45)c(Cl)cc23)CC1. The molecule has 206 valence electrons. The number of fused-ring (bicyclic) bond motifs is 2. The number of pyridine rings is 1. The van der Waals surface area contributed by atoms with Gasteiger partial charge in [-0.3, -0.25) is 4.79 Å². The predicted octanol–water partition coefficient (Wildman–Crippen LogP) is 4.51. The molecule has 1 N–H and O–H groups in total. The third kappa shape index (κ3) is 5.02. The van der Waals surface area contributed by atoms with Crippen molar-refractivity contribution in [1.29, 1.82) is 0 Å². The number of hydrogen-bond donors (Lipinski definition) is 1. The lowest BCUT2D eigenvalue weighted by Crippen LogP contribution is -2.48. The van der Waals surface area contributed by atoms with Gasteiger partial charge in [0.05, 0.1) is 16.1 Å². The Kier molecular flexibility index (Phi) is 7.16. The second-order valence-corrected chi connectivity index (χ2v) is 10.7. The molecular weight excluding hydrogens is 528 g/mol. The van der Waals surface area contributed by atoms with E-state index in [1.165, 1.54) is 6.08 Å². The van der Waals surface area contributed by atoms with Gasteiger partial charge >= 0.3 is 6.01 Å². The van der Waals surface area contributed by atoms with Gasteiger partial charge in [-0.1, -0.05) is 42.4 Å². The number of carbonyl (C=O) groups excluding carboxylic acids is 1. The molecule has 40 heavy (non-hydrogen) atoms. The Morgan fingerprint density at radius 1 is 1.10 bits per heavy atom. The van der Waals surface area contributed by atoms with Gasteiger partial charge in [-0.05, 0) is 61.5 Å². The minimum Gasteiger partial charge on any atom is -0.508 e. The van der Waals surface area contributed by atoms with Crippen LogP contribution in [0.4, 0.5) is 5.82 Å². The van der Waals surface area contributed by atoms with E-state index in [1.54, 1.807) is 17.0 Å². The molecule has 1 atom stereocenters. The number of aromatic nitrogens is 3. The van der Waals surface area contributed by atoms with Crippen molar-refractivity contribution in [2.24, 2.45) is 0 Å². The van der Waals surface area contributed by atoms with Crippen LogP contribution in [0.3, 0.4) is 0 Å². The quantitative estimate of drug-likeness (QED) is 0.345. The number of ether oxygens (including phenoxy) is 1. The van der Waals surface area contributed by atoms with Gasteiger partial charge in [-0.15, -0.1) is 0 Å². The van der Waals surface area contributed by atoms with E-state index in [9.17, 15) is 9.90 Å². The monoisotopic (exact) mass is 558 g/mol. The number of nitrogens with zero attached hydrogens (tertiary/aromatic N) is 6. The minimum atomic E-state index is -0.0791. The fraction of sp³-hybridized carbons (Fsp3) is 0.333. The maximum Gasteiger partial charge on any atom is 0.320 e. The van der Waals surface area contributed by atoms with Gasteiger partial charge in [0.15, 0.2) is 5.65 Å². The molecule has 1 amide bonds. The lowest BCUT2D eigenvalue weighted by Gasteiger charge is -2.35. The summed E-state index contributed by atoms with van der Waals surface area (Å²) < 4.78 is 6.16. The second-order valence-electron chi connectivity index (χ2n) is 10.3. The molecule has 4 aromatic rings. The van der Waals surface area contributed by atoms with Crippen molar-refractivity contribution in [3.63, 3.8) is 0 Å². The van der Waals surface area contributed by atoms with Crippen LogP contribution in [-0.4, -0.2) is 88.2 Å². The standard InChI is InChI=1S/C30H31ClN6O3/c1-3-26(39)36-11-13-37(14-12-36)29-24-17-25(31)27(23-16-21(38)15-19-7-4-5-9-22(19)23)32-28(24)33-30(34-29)40-18-20-8-6-10-35(20)2/h3-5,7,9,15-17,20,38H,1,6,8,10-14,18H2,2H3/t20-/m0/s1. The summed E-state index contributed by atoms with van der Waals surface area (Å²) in [7, 11) is 2.10. The number of hydrogen-bond acceptors (Lipinski definition) is 8. The fourth-order valence-electron chi connectivity index (χ4n) is 5.61. The lowest BCUT2D eigenvalue weighted by molar-refractivity contribution is -0.126. The van der Waals surface area contributed by atoms with Crippen LogP contribution in [0.25, 0.3) is 33.1 Å². The summed E-state index contributed by atoms with van der Waals surface area (Å²) in [4.78, 5) is 32.8. The number of halogens is 1. The fourth-order valence-corrected chi connectivity index (χ4v) is 5.86. The molecule has 2 aliphatic rings. The first-order valence-electron chi connectivity index (χ1n) is 13.5. The Hall–Kier alpha value is -3.95. The molecule has 0 unspecified atom stereocenters. The zero-order valence-electron chi connectivity index (χ0n) is 22.4. The number of anilines is 1. The number of likely N-dealkylation sites (tertiary alicyclic amines) is 1. The van der Waals surface area contributed by atoms with E-state index in [-0.39, 0.29) is 17.7 Å². The second kappa shape index (κ2) is 10.9. The first-order valence-corrected chi connectivity index (χ1v) is 13.9. The van der Waals surface area contributed by atoms with E-state index >= 15 is 0 Å². The molecule has 0 radical (unpaired) electrons. The third-order valence-electron chi connectivity index (χ3n) is 7.84. The molecular formula is C30H31ClN6O3. The van der Waals surface area contributed by atoms with Gasteiger partial charge in [0.2, 0.25) is 5.91 Å². The maximum absolute atomic E-state index is 12.1. The maximum atomic E-state index is 12.1. The minimum absolute atomic E-state index is 0.0791. The summed E-state index contributed by atoms with van der Waals surface area (Å²) in [6, 6.07) is 13.6. The van der Waals surface area contributed by atoms with Crippen LogP contribution in [0.2, 0.25) is 5.02 Å². The van der Waals surface area contributed by atoms with E-state index < -0.39 is 0 Å². The largest absolute Gasteiger partial charge is 0.508 e. The van der Waals surface area contributed by atoms with Gasteiger partial charge in [0.1, 0.15) is 18.2 Å². The number of amides is 1. The number of likely N-dealkylation sites (N-methyl/N-ethyl adjacent to an activating group) is 1. The van der Waals surface area contributed by atoms with Gasteiger partial charge in [-0.2, -0.15) is 9.97 Å². The van der Waals surface area contributed by atoms with Crippen molar-refractivity contribution < 1.29 is 14.6 Å². The van der Waals surface area contributed by atoms with Crippen molar-refractivity contribution in [2.75, 3.05) is 51.3 Å². The third-order valence-corrected chi connectivity index (χ3v) is 8.13. The molecule has 4 heterocycles. The topological polar surface area (TPSA) is 94.9 Å². The summed E-state index contributed by atoms with van der Waals surface area (Å²) in [5, 5.41) is 13.4. The van der Waals surface area contributed by atoms with Crippen molar-refractivity contribution in [3.05, 3.63) is 60.1 Å². The summed E-state index contributed by atoms with van der Waals surface area (Å²) in [6.45, 7) is 7.42. The van der Waals surface area contributed by atoms with Crippen LogP contribution in [0.5, 0.6) is 11.8 Å². The molecule has 2 aliphatic heterocycles. The normalized spacial score (nSPS) is 18.0. The highest BCUT2D eigenvalue weighted by Gasteiger charge is 2.26. The summed E-state index contributed by atoms with van der Waals surface area (Å²) in [6.07, 6.45) is 3.56. The zero-order chi connectivity index (χ0) is 27.8. The molecule has 10 heteroatoms. The van der Waals surface area contributed by atoms with E-state index in [1.807, 2.05) is 30.3 Å². The van der Waals surface area contributed by atoms with Crippen LogP contribution in [0.1, 0.15) is 12.8 Å². The first-order chi connectivity index (χ1) is 19.4. The molecule has 6 rings (SSSR count). The Bertz CT molecular complexity index is 1600. The van der Waals surface area contributed by atoms with E-state index in [2.05, 4.69) is 23.4 Å². The van der Waals surface area contributed by atoms with E-state index in [4.69, 9.17) is 31.3 Å². The Morgan fingerprint density at radius 2 is 1.90 bits per heavy atom. The zero-order valence-corrected chi connectivity index (χ0v) is 23.1. The Labute approximate surface area is 237 Å². The van der Waals surface area contributed by atoms with Gasteiger partial charge in [-0.25, -0.2) is 4.98 Å². The Morgan fingerprint density at radius 3 is 2.65 bits per heavy atom. The number of piperazine rings is 1.